The fourth-order valence-corrected chi connectivity index (χ4v) is 15.8. The molecule has 2 bridgehead atoms. The van der Waals surface area contributed by atoms with Gasteiger partial charge in [-0.05, 0) is 101 Å². The molecule has 3 saturated heterocycles. The summed E-state index contributed by atoms with van der Waals surface area (Å²) >= 11 is 0. The van der Waals surface area contributed by atoms with Crippen molar-refractivity contribution in [3.8, 4) is 23.4 Å². The Labute approximate surface area is 342 Å². The van der Waals surface area contributed by atoms with Gasteiger partial charge in [0.2, 0.25) is 5.88 Å². The van der Waals surface area contributed by atoms with Crippen molar-refractivity contribution in [2.45, 2.75) is 141 Å². The number of piperazine rings is 1. The van der Waals surface area contributed by atoms with E-state index < -0.39 is 13.7 Å². The highest BCUT2D eigenvalue weighted by molar-refractivity contribution is 6.90. The minimum atomic E-state index is -1.96. The zero-order chi connectivity index (χ0) is 40.8. The van der Waals surface area contributed by atoms with Crippen molar-refractivity contribution in [3.05, 3.63) is 58.7 Å². The number of carbonyl (C=O) groups is 1. The number of likely N-dealkylation sites (N-methyl/N-ethyl adjacent to an activating group) is 1. The van der Waals surface area contributed by atoms with Crippen molar-refractivity contribution >= 4 is 36.4 Å². The normalized spacial score (nSPS) is 21.3. The first-order chi connectivity index (χ1) is 27.1. The molecule has 57 heavy (non-hydrogen) atoms. The van der Waals surface area contributed by atoms with E-state index in [0.29, 0.717) is 60.3 Å². The molecule has 3 aromatic rings. The van der Waals surface area contributed by atoms with Crippen LogP contribution >= 0.6 is 0 Å². The molecule has 0 unspecified atom stereocenters. The third-order valence-electron chi connectivity index (χ3n) is 13.4. The van der Waals surface area contributed by atoms with E-state index in [0.717, 1.165) is 73.4 Å². The van der Waals surface area contributed by atoms with Crippen molar-refractivity contribution in [2.24, 2.45) is 0 Å². The van der Waals surface area contributed by atoms with E-state index in [1.165, 1.54) is 10.8 Å². The molecule has 0 aliphatic carbocycles. The predicted octanol–water partition coefficient (Wildman–Crippen LogP) is 9.30. The molecule has 3 atom stereocenters. The first-order valence-corrected chi connectivity index (χ1v) is 23.7. The Kier molecular flexibility index (Phi) is 11.6. The van der Waals surface area contributed by atoms with E-state index in [-0.39, 0.29) is 18.2 Å². The molecule has 0 saturated carbocycles. The second kappa shape index (κ2) is 16.2. The van der Waals surface area contributed by atoms with Crippen LogP contribution in [0.15, 0.2) is 36.4 Å². The standard InChI is InChI=1S/C47H64N6O3Si/c1-31(2)57(32(3)4,33(5)6)25-22-35-15-11-14-34-16-12-18-42(43(34)35)51-24-21-39-41(29-51)40(26-48)45(55-30-38-17-13-23-50(38)10)49-44(39)53-36-19-20-37(53)28-52(27-36)46(54)56-47(7,8)9/h11-12,14-16,18,31-33,36-38H,13,17,19-21,23-24,27-30H2,1-10H3/t36-,37+,38-/m0/s1. The maximum absolute atomic E-state index is 13.2. The minimum Gasteiger partial charge on any atom is -0.475 e. The third-order valence-corrected chi connectivity index (χ3v) is 19.7. The summed E-state index contributed by atoms with van der Waals surface area (Å²) in [4.78, 5) is 27.7. The van der Waals surface area contributed by atoms with Crippen LogP contribution < -0.4 is 14.5 Å². The highest BCUT2D eigenvalue weighted by Gasteiger charge is 2.45. The van der Waals surface area contributed by atoms with Gasteiger partial charge in [-0.15, -0.1) is 5.54 Å². The molecular formula is C47H64N6O3Si. The summed E-state index contributed by atoms with van der Waals surface area (Å²) in [5.41, 5.74) is 9.99. The number of nitrogens with zero attached hydrogens (tertiary/aromatic N) is 6. The van der Waals surface area contributed by atoms with Crippen LogP contribution in [0.2, 0.25) is 16.6 Å². The largest absolute Gasteiger partial charge is 0.475 e. The van der Waals surface area contributed by atoms with Crippen molar-refractivity contribution in [2.75, 3.05) is 49.6 Å². The maximum Gasteiger partial charge on any atom is 0.410 e. The molecule has 10 heteroatoms. The maximum atomic E-state index is 13.2. The van der Waals surface area contributed by atoms with Gasteiger partial charge in [0.05, 0.1) is 0 Å². The molecule has 5 heterocycles. The Bertz CT molecular complexity index is 2050. The zero-order valence-corrected chi connectivity index (χ0v) is 37.1. The molecule has 0 N–H and O–H groups in total. The smallest absolute Gasteiger partial charge is 0.410 e. The fourth-order valence-electron chi connectivity index (χ4n) is 10.6. The number of hydrogen-bond donors (Lipinski definition) is 0. The number of likely N-dealkylation sites (tertiary alicyclic amines) is 2. The molecule has 304 valence electrons. The first kappa shape index (κ1) is 40.9. The summed E-state index contributed by atoms with van der Waals surface area (Å²) in [6, 6.07) is 16.2. The van der Waals surface area contributed by atoms with Crippen LogP contribution in [0, 0.1) is 22.8 Å². The molecule has 1 aromatic heterocycles. The van der Waals surface area contributed by atoms with E-state index >= 15 is 0 Å². The molecule has 7 rings (SSSR count). The summed E-state index contributed by atoms with van der Waals surface area (Å²) < 4.78 is 12.4. The Balaban J connectivity index is 1.29. The quantitative estimate of drug-likeness (QED) is 0.165. The number of rotatable bonds is 8. The molecule has 1 amide bonds. The van der Waals surface area contributed by atoms with Crippen molar-refractivity contribution in [1.82, 2.24) is 14.8 Å². The van der Waals surface area contributed by atoms with Crippen LogP contribution in [0.4, 0.5) is 16.3 Å². The van der Waals surface area contributed by atoms with E-state index in [1.54, 1.807) is 0 Å². The van der Waals surface area contributed by atoms with Gasteiger partial charge in [0, 0.05) is 72.1 Å². The van der Waals surface area contributed by atoms with Gasteiger partial charge >= 0.3 is 6.09 Å². The summed E-state index contributed by atoms with van der Waals surface area (Å²) in [6.07, 6.45) is 4.67. The van der Waals surface area contributed by atoms with Gasteiger partial charge in [0.1, 0.15) is 37.7 Å². The molecule has 9 nitrogen and oxygen atoms in total. The number of amides is 1. The second-order valence-corrected chi connectivity index (χ2v) is 24.5. The molecule has 3 fully saturated rings. The van der Waals surface area contributed by atoms with Gasteiger partial charge < -0.3 is 29.1 Å². The van der Waals surface area contributed by atoms with E-state index in [2.05, 4.69) is 117 Å². The van der Waals surface area contributed by atoms with Crippen LogP contribution in [0.1, 0.15) is 110 Å². The molecule has 0 radical (unpaired) electrons. The van der Waals surface area contributed by atoms with Gasteiger partial charge in [-0.1, -0.05) is 71.7 Å². The van der Waals surface area contributed by atoms with Crippen LogP contribution in [0.25, 0.3) is 10.8 Å². The number of hydrogen-bond acceptors (Lipinski definition) is 8. The summed E-state index contributed by atoms with van der Waals surface area (Å²) in [7, 11) is 0.188. The molecule has 4 aliphatic rings. The average molecular weight is 789 g/mol. The number of ether oxygens (including phenoxy) is 2. The van der Waals surface area contributed by atoms with Crippen LogP contribution in [-0.4, -0.2) is 92.5 Å². The lowest BCUT2D eigenvalue weighted by Crippen LogP contribution is -2.56. The van der Waals surface area contributed by atoms with Crippen molar-refractivity contribution in [3.63, 3.8) is 0 Å². The highest BCUT2D eigenvalue weighted by Crippen LogP contribution is 2.44. The SMILES string of the molecule is CC(C)[Si](C#Cc1cccc2cccc(N3CCc4c(N5[C@@H]6CC[C@H]5CN(C(=O)OC(C)(C)C)C6)nc(OC[C@@H]5CCCN5C)c(C#N)c4C3)c12)(C(C)C)C(C)C. The van der Waals surface area contributed by atoms with Crippen LogP contribution in [-0.2, 0) is 17.7 Å². The number of fused-ring (bicyclic) bond motifs is 4. The minimum absolute atomic E-state index is 0.116. The number of benzene rings is 2. The first-order valence-electron chi connectivity index (χ1n) is 21.5. The van der Waals surface area contributed by atoms with Crippen molar-refractivity contribution in [1.29, 1.82) is 5.26 Å². The van der Waals surface area contributed by atoms with E-state index in [1.807, 2.05) is 25.7 Å². The van der Waals surface area contributed by atoms with E-state index in [9.17, 15) is 10.1 Å². The lowest BCUT2D eigenvalue weighted by Gasteiger charge is -2.43. The summed E-state index contributed by atoms with van der Waals surface area (Å²) in [5, 5.41) is 13.3. The van der Waals surface area contributed by atoms with Crippen LogP contribution in [0.3, 0.4) is 0 Å². The third kappa shape index (κ3) is 7.85. The number of carbonyl (C=O) groups excluding carboxylic acids is 1. The van der Waals surface area contributed by atoms with Gasteiger partial charge in [0.25, 0.3) is 0 Å². The number of nitriles is 1. The highest BCUT2D eigenvalue weighted by atomic mass is 28.3. The summed E-state index contributed by atoms with van der Waals surface area (Å²) in [6.45, 7) is 24.1. The second-order valence-electron chi connectivity index (χ2n) is 18.9. The summed E-state index contributed by atoms with van der Waals surface area (Å²) in [5.74, 6) is 5.16. The molecule has 0 spiro atoms. The fraction of sp³-hybridized carbons (Fsp3) is 0.596. The Morgan fingerprint density at radius 3 is 2.21 bits per heavy atom. The number of pyridine rings is 1. The monoisotopic (exact) mass is 788 g/mol. The van der Waals surface area contributed by atoms with Gasteiger partial charge in [-0.2, -0.15) is 10.2 Å². The van der Waals surface area contributed by atoms with E-state index in [4.69, 9.17) is 14.5 Å². The van der Waals surface area contributed by atoms with Crippen LogP contribution in [0.5, 0.6) is 5.88 Å². The van der Waals surface area contributed by atoms with Gasteiger partial charge in [0.15, 0.2) is 0 Å². The Hall–Kier alpha value is -4.25. The zero-order valence-electron chi connectivity index (χ0n) is 36.1. The van der Waals surface area contributed by atoms with Gasteiger partial charge in [-0.25, -0.2) is 4.79 Å². The molecule has 2 aromatic carbocycles. The topological polar surface area (TPSA) is 85.2 Å². The van der Waals surface area contributed by atoms with Gasteiger partial charge in [-0.3, -0.25) is 0 Å². The number of aromatic nitrogens is 1. The number of anilines is 2. The Morgan fingerprint density at radius 1 is 0.947 bits per heavy atom. The average Bonchev–Trinajstić information content (AvgIpc) is 3.69. The van der Waals surface area contributed by atoms with Crippen molar-refractivity contribution < 1.29 is 14.3 Å². The molecule has 4 aliphatic heterocycles. The predicted molar refractivity (Wildman–Crippen MR) is 234 cm³/mol. The molecular weight excluding hydrogens is 725 g/mol. The lowest BCUT2D eigenvalue weighted by molar-refractivity contribution is 0.0209. The lowest BCUT2D eigenvalue weighted by atomic mass is 9.93. The Morgan fingerprint density at radius 2 is 1.61 bits per heavy atom.